The normalized spacial score (nSPS) is 21.2. The Labute approximate surface area is 147 Å². The number of aliphatic imine (C=N–C) groups is 1. The molecule has 1 N–H and O–H groups in total. The Morgan fingerprint density at radius 1 is 1.40 bits per heavy atom. The van der Waals surface area contributed by atoms with E-state index in [1.165, 1.54) is 0 Å². The summed E-state index contributed by atoms with van der Waals surface area (Å²) in [5.74, 6) is 2.14. The monoisotopic (exact) mass is 340 g/mol. The summed E-state index contributed by atoms with van der Waals surface area (Å²) >= 11 is 0. The van der Waals surface area contributed by atoms with Gasteiger partial charge in [-0.25, -0.2) is 9.97 Å². The largest absolute Gasteiger partial charge is 0.354 e. The molecule has 0 bridgehead atoms. The van der Waals surface area contributed by atoms with E-state index in [0.717, 1.165) is 36.4 Å². The average molecular weight is 340 g/mol. The van der Waals surface area contributed by atoms with Crippen molar-refractivity contribution in [2.75, 3.05) is 39.1 Å². The van der Waals surface area contributed by atoms with Gasteiger partial charge in [-0.1, -0.05) is 6.92 Å². The van der Waals surface area contributed by atoms with E-state index in [1.54, 1.807) is 6.33 Å². The number of fused-ring (bicyclic) bond motifs is 1. The van der Waals surface area contributed by atoms with Crippen LogP contribution in [0.15, 0.2) is 23.6 Å². The van der Waals surface area contributed by atoms with Gasteiger partial charge in [-0.2, -0.15) is 5.26 Å². The molecule has 0 aromatic carbocycles. The number of aromatic nitrogens is 3. The molecule has 0 amide bonds. The highest BCUT2D eigenvalue weighted by Crippen LogP contribution is 2.28. The van der Waals surface area contributed by atoms with Crippen molar-refractivity contribution in [1.29, 1.82) is 5.26 Å². The zero-order valence-electron chi connectivity index (χ0n) is 15.1. The topological polar surface area (TPSA) is 87.4 Å². The summed E-state index contributed by atoms with van der Waals surface area (Å²) in [5.41, 5.74) is 0.845. The molecule has 0 saturated carbocycles. The number of likely N-dealkylation sites (N-methyl/N-ethyl adjacent to an activating group) is 1. The van der Waals surface area contributed by atoms with Gasteiger partial charge in [0, 0.05) is 40.4 Å². The first-order chi connectivity index (χ1) is 12.0. The van der Waals surface area contributed by atoms with Crippen molar-refractivity contribution in [2.24, 2.45) is 10.9 Å². The zero-order valence-corrected chi connectivity index (χ0v) is 15.1. The van der Waals surface area contributed by atoms with Crippen LogP contribution in [0.25, 0.3) is 11.0 Å². The Hall–Kier alpha value is -2.82. The predicted molar refractivity (Wildman–Crippen MR) is 98.2 cm³/mol. The molecule has 1 aliphatic rings. The summed E-state index contributed by atoms with van der Waals surface area (Å²) in [6, 6.07) is 2.28. The van der Waals surface area contributed by atoms with Gasteiger partial charge in [0.1, 0.15) is 17.8 Å². The second kappa shape index (κ2) is 6.97. The maximum absolute atomic E-state index is 8.99. The van der Waals surface area contributed by atoms with Crippen LogP contribution in [-0.2, 0) is 0 Å². The summed E-state index contributed by atoms with van der Waals surface area (Å²) in [4.78, 5) is 22.2. The Morgan fingerprint density at radius 3 is 2.92 bits per heavy atom. The van der Waals surface area contributed by atoms with E-state index in [9.17, 15) is 0 Å². The fourth-order valence-corrected chi connectivity index (χ4v) is 3.53. The first-order valence-electron chi connectivity index (χ1n) is 8.43. The van der Waals surface area contributed by atoms with Crippen LogP contribution in [0.4, 0.5) is 5.82 Å². The van der Waals surface area contributed by atoms with E-state index in [-0.39, 0.29) is 6.04 Å². The summed E-state index contributed by atoms with van der Waals surface area (Å²) in [6.45, 7) is 3.96. The predicted octanol–water partition coefficient (Wildman–Crippen LogP) is 1.50. The van der Waals surface area contributed by atoms with E-state index in [2.05, 4.69) is 43.7 Å². The van der Waals surface area contributed by atoms with Crippen molar-refractivity contribution in [3.8, 4) is 6.19 Å². The fourth-order valence-electron chi connectivity index (χ4n) is 3.53. The van der Waals surface area contributed by atoms with Gasteiger partial charge in [0.15, 0.2) is 0 Å². The van der Waals surface area contributed by atoms with E-state index < -0.39 is 0 Å². The molecule has 25 heavy (non-hydrogen) atoms. The molecule has 0 aliphatic carbocycles. The molecule has 3 heterocycles. The summed E-state index contributed by atoms with van der Waals surface area (Å²) in [7, 11) is 5.91. The molecule has 2 aromatic heterocycles. The number of nitrogens with zero attached hydrogens (tertiary/aromatic N) is 7. The molecule has 132 valence electrons. The molecule has 8 nitrogen and oxygen atoms in total. The van der Waals surface area contributed by atoms with Gasteiger partial charge >= 0.3 is 0 Å². The second-order valence-electron chi connectivity index (χ2n) is 6.73. The molecule has 3 rings (SSSR count). The lowest BCUT2D eigenvalue weighted by atomic mass is 9.92. The SMILES string of the molecule is C[C@@H]1CCN(C(=NC#N)N(C)C)C[C@H]1N(C)c1ncnc2[nH]ccc12. The number of H-pyrrole nitrogens is 1. The Morgan fingerprint density at radius 2 is 2.20 bits per heavy atom. The van der Waals surface area contributed by atoms with Crippen LogP contribution in [0.1, 0.15) is 13.3 Å². The van der Waals surface area contributed by atoms with Crippen molar-refractivity contribution >= 4 is 22.8 Å². The number of hydrogen-bond donors (Lipinski definition) is 1. The number of hydrogen-bond acceptors (Lipinski definition) is 5. The fraction of sp³-hybridized carbons (Fsp3) is 0.529. The minimum absolute atomic E-state index is 0.269. The molecule has 2 atom stereocenters. The Kier molecular flexibility index (Phi) is 4.74. The lowest BCUT2D eigenvalue weighted by Gasteiger charge is -2.43. The minimum Gasteiger partial charge on any atom is -0.354 e. The molecule has 1 saturated heterocycles. The quantitative estimate of drug-likeness (QED) is 0.506. The Bertz CT molecular complexity index is 802. The molecule has 0 spiro atoms. The van der Waals surface area contributed by atoms with Crippen molar-refractivity contribution in [1.82, 2.24) is 24.8 Å². The number of piperidine rings is 1. The van der Waals surface area contributed by atoms with Crippen LogP contribution in [0.5, 0.6) is 0 Å². The van der Waals surface area contributed by atoms with Crippen LogP contribution in [-0.4, -0.2) is 71.0 Å². The van der Waals surface area contributed by atoms with Crippen LogP contribution >= 0.6 is 0 Å². The standard InChI is InChI=1S/C17H24N8/c1-12-6-8-25(17(20-10-18)23(2)3)9-14(12)24(4)16-13-5-7-19-15(13)21-11-22-16/h5,7,11-12,14H,6,8-9H2,1-4H3,(H,19,21,22)/t12-,14-/m1/s1. The zero-order chi connectivity index (χ0) is 18.0. The number of guanidine groups is 1. The highest BCUT2D eigenvalue weighted by Gasteiger charge is 2.32. The highest BCUT2D eigenvalue weighted by atomic mass is 15.4. The minimum atomic E-state index is 0.269. The lowest BCUT2D eigenvalue weighted by Crippen LogP contribution is -2.55. The third-order valence-electron chi connectivity index (χ3n) is 4.92. The number of likely N-dealkylation sites (tertiary alicyclic amines) is 1. The molecule has 0 radical (unpaired) electrons. The summed E-state index contributed by atoms with van der Waals surface area (Å²) in [5, 5.41) is 10.0. The third kappa shape index (κ3) is 3.22. The third-order valence-corrected chi connectivity index (χ3v) is 4.92. The second-order valence-corrected chi connectivity index (χ2v) is 6.73. The van der Waals surface area contributed by atoms with Gasteiger partial charge in [-0.3, -0.25) is 0 Å². The molecular weight excluding hydrogens is 316 g/mol. The highest BCUT2D eigenvalue weighted by molar-refractivity contribution is 5.87. The number of nitriles is 1. The van der Waals surface area contributed by atoms with Gasteiger partial charge in [0.2, 0.25) is 12.2 Å². The smallest absolute Gasteiger partial charge is 0.212 e. The number of nitrogens with one attached hydrogen (secondary N) is 1. The lowest BCUT2D eigenvalue weighted by molar-refractivity contribution is 0.223. The van der Waals surface area contributed by atoms with Crippen molar-refractivity contribution in [3.63, 3.8) is 0 Å². The molecule has 2 aromatic rings. The van der Waals surface area contributed by atoms with Crippen molar-refractivity contribution < 1.29 is 0 Å². The van der Waals surface area contributed by atoms with Crippen LogP contribution in [0.3, 0.4) is 0 Å². The van der Waals surface area contributed by atoms with E-state index in [4.69, 9.17) is 5.26 Å². The van der Waals surface area contributed by atoms with E-state index in [1.807, 2.05) is 37.5 Å². The molecule has 1 aliphatic heterocycles. The molecule has 1 fully saturated rings. The van der Waals surface area contributed by atoms with E-state index in [0.29, 0.717) is 11.9 Å². The average Bonchev–Trinajstić information content (AvgIpc) is 3.08. The van der Waals surface area contributed by atoms with Crippen LogP contribution in [0.2, 0.25) is 0 Å². The number of rotatable bonds is 2. The first kappa shape index (κ1) is 17.0. The van der Waals surface area contributed by atoms with Gasteiger partial charge in [0.25, 0.3) is 0 Å². The Balaban J connectivity index is 1.88. The van der Waals surface area contributed by atoms with Crippen molar-refractivity contribution in [3.05, 3.63) is 18.6 Å². The van der Waals surface area contributed by atoms with Crippen LogP contribution < -0.4 is 4.90 Å². The first-order valence-corrected chi connectivity index (χ1v) is 8.43. The van der Waals surface area contributed by atoms with Gasteiger partial charge in [0.05, 0.1) is 11.4 Å². The van der Waals surface area contributed by atoms with Crippen molar-refractivity contribution in [2.45, 2.75) is 19.4 Å². The summed E-state index contributed by atoms with van der Waals surface area (Å²) in [6.07, 6.45) is 6.44. The van der Waals surface area contributed by atoms with Crippen LogP contribution in [0, 0.1) is 17.4 Å². The van der Waals surface area contributed by atoms with Gasteiger partial charge in [-0.15, -0.1) is 4.99 Å². The molecule has 8 heteroatoms. The molecule has 0 unspecified atom stereocenters. The number of aromatic amines is 1. The summed E-state index contributed by atoms with van der Waals surface area (Å²) < 4.78 is 0. The maximum atomic E-state index is 8.99. The van der Waals surface area contributed by atoms with Gasteiger partial charge in [-0.05, 0) is 18.4 Å². The number of anilines is 1. The van der Waals surface area contributed by atoms with E-state index >= 15 is 0 Å². The van der Waals surface area contributed by atoms with Gasteiger partial charge < -0.3 is 19.7 Å². The maximum Gasteiger partial charge on any atom is 0.212 e. The molecular formula is C17H24N8.